The Labute approximate surface area is 182 Å². The van der Waals surface area contributed by atoms with Gasteiger partial charge in [-0.05, 0) is 48.6 Å². The van der Waals surface area contributed by atoms with Crippen LogP contribution < -0.4 is 16.3 Å². The van der Waals surface area contributed by atoms with E-state index in [1.165, 1.54) is 0 Å². The number of para-hydroxylation sites is 1. The maximum Gasteiger partial charge on any atom is 0.344 e. The lowest BCUT2D eigenvalue weighted by Crippen LogP contribution is -2.34. The number of fused-ring (bicyclic) bond motifs is 1. The summed E-state index contributed by atoms with van der Waals surface area (Å²) in [5, 5.41) is 6.82. The van der Waals surface area contributed by atoms with Crippen molar-refractivity contribution < 1.29 is 9.21 Å². The van der Waals surface area contributed by atoms with Crippen molar-refractivity contribution in [3.8, 4) is 11.1 Å². The van der Waals surface area contributed by atoms with Gasteiger partial charge in [0.2, 0.25) is 0 Å². The number of carbonyl (C=O) groups is 1. The van der Waals surface area contributed by atoms with E-state index in [-0.39, 0.29) is 11.0 Å². The molecule has 0 fully saturated rings. The average molecular weight is 435 g/mol. The summed E-state index contributed by atoms with van der Waals surface area (Å²) in [6.45, 7) is 0. The van der Waals surface area contributed by atoms with Crippen molar-refractivity contribution in [2.45, 2.75) is 0 Å². The van der Waals surface area contributed by atoms with Gasteiger partial charge in [0.05, 0.1) is 10.6 Å². The highest BCUT2D eigenvalue weighted by atomic mass is 35.5. The van der Waals surface area contributed by atoms with Crippen LogP contribution in [0, 0.1) is 0 Å². The molecule has 0 unspecified atom stereocenters. The first kappa shape index (κ1) is 19.8. The summed E-state index contributed by atoms with van der Waals surface area (Å²) < 4.78 is 5.38. The Kier molecular flexibility index (Phi) is 5.61. The van der Waals surface area contributed by atoms with Crippen molar-refractivity contribution in [1.82, 2.24) is 5.32 Å². The summed E-state index contributed by atoms with van der Waals surface area (Å²) >= 11 is 11.6. The van der Waals surface area contributed by atoms with Gasteiger partial charge in [0, 0.05) is 22.2 Å². The van der Waals surface area contributed by atoms with Gasteiger partial charge in [-0.25, -0.2) is 4.79 Å². The summed E-state index contributed by atoms with van der Waals surface area (Å²) in [5.41, 5.74) is 2.03. The number of hydrogen-bond acceptors (Lipinski definition) is 4. The standard InChI is InChI=1S/C23H15ClN2O3S/c24-19-13-16(25-23(30)26-21(27)14-6-2-1-3-7-14)10-11-17(19)18-12-15-8-4-5-9-20(15)29-22(18)28/h1-13H,(H2,25,26,27,30). The van der Waals surface area contributed by atoms with Crippen molar-refractivity contribution in [2.75, 3.05) is 5.32 Å². The minimum Gasteiger partial charge on any atom is -0.422 e. The van der Waals surface area contributed by atoms with Gasteiger partial charge in [-0.15, -0.1) is 0 Å². The van der Waals surface area contributed by atoms with Crippen molar-refractivity contribution in [3.63, 3.8) is 0 Å². The van der Waals surface area contributed by atoms with Crippen LogP contribution in [0.2, 0.25) is 5.02 Å². The van der Waals surface area contributed by atoms with Gasteiger partial charge in [0.15, 0.2) is 5.11 Å². The predicted octanol–water partition coefficient (Wildman–Crippen LogP) is 5.24. The molecule has 2 N–H and O–H groups in total. The molecule has 0 aliphatic rings. The third-order valence-electron chi connectivity index (χ3n) is 4.42. The Morgan fingerprint density at radius 3 is 2.40 bits per heavy atom. The van der Waals surface area contributed by atoms with Crippen molar-refractivity contribution in [3.05, 3.63) is 99.9 Å². The van der Waals surface area contributed by atoms with Crippen molar-refractivity contribution in [1.29, 1.82) is 0 Å². The van der Waals surface area contributed by atoms with E-state index in [1.54, 1.807) is 60.7 Å². The van der Waals surface area contributed by atoms with Crippen LogP contribution in [-0.2, 0) is 0 Å². The summed E-state index contributed by atoms with van der Waals surface area (Å²) in [4.78, 5) is 24.6. The molecule has 0 bridgehead atoms. The predicted molar refractivity (Wildman–Crippen MR) is 123 cm³/mol. The number of thiocarbonyl (C=S) groups is 1. The highest BCUT2D eigenvalue weighted by Gasteiger charge is 2.13. The first-order valence-electron chi connectivity index (χ1n) is 9.01. The van der Waals surface area contributed by atoms with E-state index < -0.39 is 5.63 Å². The fourth-order valence-electron chi connectivity index (χ4n) is 2.99. The Morgan fingerprint density at radius 2 is 1.63 bits per heavy atom. The normalized spacial score (nSPS) is 10.6. The minimum absolute atomic E-state index is 0.137. The first-order chi connectivity index (χ1) is 14.5. The molecule has 0 atom stereocenters. The van der Waals surface area contributed by atoms with Crippen LogP contribution in [0.1, 0.15) is 10.4 Å². The van der Waals surface area contributed by atoms with Crippen LogP contribution >= 0.6 is 23.8 Å². The Morgan fingerprint density at radius 1 is 0.900 bits per heavy atom. The topological polar surface area (TPSA) is 71.3 Å². The van der Waals surface area contributed by atoms with Crippen LogP contribution in [-0.4, -0.2) is 11.0 Å². The Balaban J connectivity index is 1.54. The minimum atomic E-state index is -0.470. The Bertz CT molecular complexity index is 1320. The summed E-state index contributed by atoms with van der Waals surface area (Å²) in [6, 6.07) is 22.8. The maximum atomic E-state index is 12.4. The number of rotatable bonds is 3. The van der Waals surface area contributed by atoms with Crippen LogP contribution in [0.4, 0.5) is 5.69 Å². The molecule has 0 saturated carbocycles. The molecule has 0 aliphatic carbocycles. The molecule has 4 aromatic rings. The third-order valence-corrected chi connectivity index (χ3v) is 4.94. The molecule has 0 aliphatic heterocycles. The van der Waals surface area contributed by atoms with E-state index in [4.69, 9.17) is 28.2 Å². The van der Waals surface area contributed by atoms with Gasteiger partial charge in [-0.2, -0.15) is 0 Å². The first-order valence-corrected chi connectivity index (χ1v) is 9.80. The molecule has 7 heteroatoms. The lowest BCUT2D eigenvalue weighted by atomic mass is 10.1. The number of amides is 1. The van der Waals surface area contributed by atoms with Gasteiger partial charge in [-0.3, -0.25) is 10.1 Å². The van der Waals surface area contributed by atoms with Gasteiger partial charge in [0.25, 0.3) is 5.91 Å². The molecule has 4 rings (SSSR count). The second-order valence-electron chi connectivity index (χ2n) is 6.45. The fraction of sp³-hybridized carbons (Fsp3) is 0. The zero-order valence-corrected chi connectivity index (χ0v) is 17.1. The molecule has 1 amide bonds. The SMILES string of the molecule is O=C(NC(=S)Nc1ccc(-c2cc3ccccc3oc2=O)c(Cl)c1)c1ccccc1. The monoisotopic (exact) mass is 434 g/mol. The lowest BCUT2D eigenvalue weighted by molar-refractivity contribution is 0.0977. The highest BCUT2D eigenvalue weighted by molar-refractivity contribution is 7.80. The summed E-state index contributed by atoms with van der Waals surface area (Å²) in [6.07, 6.45) is 0. The van der Waals surface area contributed by atoms with E-state index in [1.807, 2.05) is 18.2 Å². The van der Waals surface area contributed by atoms with Crippen LogP contribution in [0.15, 0.2) is 88.1 Å². The molecule has 0 radical (unpaired) electrons. The Hall–Kier alpha value is -3.48. The van der Waals surface area contributed by atoms with Gasteiger partial charge in [0.1, 0.15) is 5.58 Å². The van der Waals surface area contributed by atoms with Gasteiger partial charge >= 0.3 is 5.63 Å². The number of halogens is 1. The zero-order chi connectivity index (χ0) is 21.1. The van der Waals surface area contributed by atoms with E-state index in [0.717, 1.165) is 5.39 Å². The average Bonchev–Trinajstić information content (AvgIpc) is 2.74. The maximum absolute atomic E-state index is 12.4. The lowest BCUT2D eigenvalue weighted by Gasteiger charge is -2.11. The van der Waals surface area contributed by atoms with E-state index >= 15 is 0 Å². The quantitative estimate of drug-likeness (QED) is 0.341. The van der Waals surface area contributed by atoms with Crippen molar-refractivity contribution in [2.24, 2.45) is 0 Å². The molecule has 5 nitrogen and oxygen atoms in total. The molecular formula is C23H15ClN2O3S. The van der Waals surface area contributed by atoms with Crippen LogP contribution in [0.3, 0.4) is 0 Å². The largest absolute Gasteiger partial charge is 0.422 e. The van der Waals surface area contributed by atoms with Crippen molar-refractivity contribution >= 4 is 51.5 Å². The second kappa shape index (κ2) is 8.49. The fourth-order valence-corrected chi connectivity index (χ4v) is 3.48. The van der Waals surface area contributed by atoms with E-state index in [0.29, 0.717) is 33.0 Å². The molecule has 1 aromatic heterocycles. The van der Waals surface area contributed by atoms with E-state index in [9.17, 15) is 9.59 Å². The molecule has 1 heterocycles. The number of nitrogens with one attached hydrogen (secondary N) is 2. The van der Waals surface area contributed by atoms with Gasteiger partial charge < -0.3 is 9.73 Å². The molecule has 0 spiro atoms. The number of hydrogen-bond donors (Lipinski definition) is 2. The second-order valence-corrected chi connectivity index (χ2v) is 7.27. The molecule has 0 saturated heterocycles. The molecule has 30 heavy (non-hydrogen) atoms. The van der Waals surface area contributed by atoms with Crippen LogP contribution in [0.25, 0.3) is 22.1 Å². The third kappa shape index (κ3) is 4.25. The summed E-state index contributed by atoms with van der Waals surface area (Å²) in [5.74, 6) is -0.315. The molecule has 3 aromatic carbocycles. The molecule has 148 valence electrons. The zero-order valence-electron chi connectivity index (χ0n) is 15.5. The molecular weight excluding hydrogens is 420 g/mol. The number of anilines is 1. The van der Waals surface area contributed by atoms with E-state index in [2.05, 4.69) is 10.6 Å². The summed E-state index contributed by atoms with van der Waals surface area (Å²) in [7, 11) is 0. The number of carbonyl (C=O) groups excluding carboxylic acids is 1. The van der Waals surface area contributed by atoms with Crippen LogP contribution in [0.5, 0.6) is 0 Å². The van der Waals surface area contributed by atoms with Gasteiger partial charge in [-0.1, -0.05) is 54.1 Å². The number of benzene rings is 3. The smallest absolute Gasteiger partial charge is 0.344 e. The highest BCUT2D eigenvalue weighted by Crippen LogP contribution is 2.30.